The molecule has 1 aromatic rings. The molecule has 21 heavy (non-hydrogen) atoms. The number of rotatable bonds is 6. The van der Waals surface area contributed by atoms with Crippen LogP contribution in [0.25, 0.3) is 0 Å². The van der Waals surface area contributed by atoms with E-state index < -0.39 is 0 Å². The minimum atomic E-state index is -0.0893. The monoisotopic (exact) mass is 359 g/mol. The first-order valence-electron chi connectivity index (χ1n) is 7.58. The number of aromatic nitrogens is 2. The topological polar surface area (TPSA) is 68.3 Å². The van der Waals surface area contributed by atoms with Crippen LogP contribution >= 0.6 is 15.9 Å². The van der Waals surface area contributed by atoms with Gasteiger partial charge in [0.25, 0.3) is 0 Å². The molecule has 1 aromatic heterocycles. The van der Waals surface area contributed by atoms with Crippen molar-refractivity contribution in [2.45, 2.75) is 45.3 Å². The summed E-state index contributed by atoms with van der Waals surface area (Å²) in [6.07, 6.45) is 2.84. The Balaban J connectivity index is 2.38. The van der Waals surface area contributed by atoms with Crippen LogP contribution in [0.4, 0.5) is 0 Å². The second-order valence-corrected chi connectivity index (χ2v) is 6.46. The lowest BCUT2D eigenvalue weighted by Crippen LogP contribution is -2.59. The molecule has 0 radical (unpaired) electrons. The zero-order chi connectivity index (χ0) is 15.5. The number of nitrogens with two attached hydrogens (primary N) is 1. The molecule has 120 valence electrons. The molecule has 2 atom stereocenters. The van der Waals surface area contributed by atoms with Gasteiger partial charge in [0.05, 0.1) is 35.6 Å². The predicted molar refractivity (Wildman–Crippen MR) is 86.8 cm³/mol. The van der Waals surface area contributed by atoms with E-state index in [0.29, 0.717) is 0 Å². The second-order valence-electron chi connectivity index (χ2n) is 5.60. The number of halogens is 1. The van der Waals surface area contributed by atoms with E-state index in [0.717, 1.165) is 49.4 Å². The summed E-state index contributed by atoms with van der Waals surface area (Å²) < 4.78 is 8.50. The van der Waals surface area contributed by atoms with Gasteiger partial charge in [-0.3, -0.25) is 15.4 Å². The normalized spacial score (nSPS) is 21.2. The summed E-state index contributed by atoms with van der Waals surface area (Å²) >= 11 is 3.62. The zero-order valence-electron chi connectivity index (χ0n) is 13.1. The third-order valence-corrected chi connectivity index (χ3v) is 5.26. The van der Waals surface area contributed by atoms with Crippen molar-refractivity contribution >= 4 is 15.9 Å². The average molecular weight is 360 g/mol. The van der Waals surface area contributed by atoms with Gasteiger partial charge >= 0.3 is 0 Å². The summed E-state index contributed by atoms with van der Waals surface area (Å²) in [5.41, 5.74) is 4.05. The number of hydrogen-bond acceptors (Lipinski definition) is 5. The lowest BCUT2D eigenvalue weighted by Gasteiger charge is -2.47. The summed E-state index contributed by atoms with van der Waals surface area (Å²) in [5.74, 6) is 5.95. The molecular weight excluding hydrogens is 334 g/mol. The summed E-state index contributed by atoms with van der Waals surface area (Å²) in [6, 6.07) is -0.00238. The standard InChI is InChI=1S/C14H26BrN5O/c1-4-14(3,19-6-8-21-9-7-19)13(18-16)12-11(15)10-17-20(12)5-2/h10,13,18H,4-9,16H2,1-3H3. The highest BCUT2D eigenvalue weighted by molar-refractivity contribution is 9.10. The van der Waals surface area contributed by atoms with Crippen LogP contribution in [-0.2, 0) is 11.3 Å². The van der Waals surface area contributed by atoms with Gasteiger partial charge in [-0.05, 0) is 36.2 Å². The summed E-state index contributed by atoms with van der Waals surface area (Å²) in [7, 11) is 0. The molecule has 0 amide bonds. The van der Waals surface area contributed by atoms with Crippen molar-refractivity contribution in [1.29, 1.82) is 0 Å². The van der Waals surface area contributed by atoms with E-state index in [4.69, 9.17) is 10.6 Å². The van der Waals surface area contributed by atoms with Crippen molar-refractivity contribution in [3.05, 3.63) is 16.4 Å². The van der Waals surface area contributed by atoms with Crippen molar-refractivity contribution < 1.29 is 4.74 Å². The SMILES string of the molecule is CCn1ncc(Br)c1C(NN)C(C)(CC)N1CCOCC1. The zero-order valence-corrected chi connectivity index (χ0v) is 14.7. The Morgan fingerprint density at radius 2 is 2.14 bits per heavy atom. The third kappa shape index (κ3) is 3.17. The first-order chi connectivity index (χ1) is 10.1. The van der Waals surface area contributed by atoms with Crippen LogP contribution in [0.2, 0.25) is 0 Å². The Morgan fingerprint density at radius 3 is 2.67 bits per heavy atom. The first-order valence-corrected chi connectivity index (χ1v) is 8.37. The third-order valence-electron chi connectivity index (χ3n) is 4.64. The lowest BCUT2D eigenvalue weighted by atomic mass is 9.85. The fourth-order valence-corrected chi connectivity index (χ4v) is 3.67. The van der Waals surface area contributed by atoms with Crippen LogP contribution in [0.15, 0.2) is 10.7 Å². The number of nitrogens with one attached hydrogen (secondary N) is 1. The van der Waals surface area contributed by atoms with Crippen LogP contribution in [0.1, 0.15) is 38.9 Å². The Labute approximate surface area is 135 Å². The molecule has 1 saturated heterocycles. The second kappa shape index (κ2) is 7.19. The van der Waals surface area contributed by atoms with Gasteiger partial charge in [0, 0.05) is 25.2 Å². The Morgan fingerprint density at radius 1 is 1.48 bits per heavy atom. The number of morpholine rings is 1. The van der Waals surface area contributed by atoms with E-state index in [9.17, 15) is 0 Å². The molecule has 0 aliphatic carbocycles. The smallest absolute Gasteiger partial charge is 0.0821 e. The molecule has 0 bridgehead atoms. The minimum Gasteiger partial charge on any atom is -0.379 e. The fourth-order valence-electron chi connectivity index (χ4n) is 3.15. The summed E-state index contributed by atoms with van der Waals surface area (Å²) in [6.45, 7) is 10.8. The molecule has 2 heterocycles. The molecular formula is C14H26BrN5O. The van der Waals surface area contributed by atoms with Crippen LogP contribution in [0, 0.1) is 0 Å². The molecule has 3 N–H and O–H groups in total. The van der Waals surface area contributed by atoms with Gasteiger partial charge < -0.3 is 4.74 Å². The van der Waals surface area contributed by atoms with Crippen molar-refractivity contribution in [3.63, 3.8) is 0 Å². The van der Waals surface area contributed by atoms with Crippen molar-refractivity contribution in [2.24, 2.45) is 5.84 Å². The number of ether oxygens (including phenoxy) is 1. The van der Waals surface area contributed by atoms with Gasteiger partial charge in [-0.2, -0.15) is 5.10 Å². The number of hydrazine groups is 1. The fraction of sp³-hybridized carbons (Fsp3) is 0.786. The molecule has 1 aliphatic heterocycles. The van der Waals surface area contributed by atoms with E-state index in [1.807, 2.05) is 10.9 Å². The van der Waals surface area contributed by atoms with Crippen LogP contribution in [0.5, 0.6) is 0 Å². The highest BCUT2D eigenvalue weighted by atomic mass is 79.9. The molecule has 0 aromatic carbocycles. The maximum atomic E-state index is 5.95. The largest absolute Gasteiger partial charge is 0.379 e. The van der Waals surface area contributed by atoms with E-state index in [1.54, 1.807) is 0 Å². The molecule has 6 nitrogen and oxygen atoms in total. The van der Waals surface area contributed by atoms with E-state index in [1.165, 1.54) is 0 Å². The van der Waals surface area contributed by atoms with Crippen molar-refractivity contribution in [1.82, 2.24) is 20.1 Å². The van der Waals surface area contributed by atoms with Crippen molar-refractivity contribution in [2.75, 3.05) is 26.3 Å². The van der Waals surface area contributed by atoms with E-state index in [2.05, 4.69) is 52.1 Å². The van der Waals surface area contributed by atoms with Gasteiger partial charge in [-0.25, -0.2) is 5.43 Å². The maximum absolute atomic E-state index is 5.95. The van der Waals surface area contributed by atoms with E-state index in [-0.39, 0.29) is 11.6 Å². The quantitative estimate of drug-likeness (QED) is 0.597. The van der Waals surface area contributed by atoms with E-state index >= 15 is 0 Å². The number of hydrogen-bond donors (Lipinski definition) is 2. The lowest BCUT2D eigenvalue weighted by molar-refractivity contribution is -0.0341. The molecule has 1 fully saturated rings. The first kappa shape index (κ1) is 16.9. The molecule has 2 unspecified atom stereocenters. The van der Waals surface area contributed by atoms with Crippen LogP contribution in [-0.4, -0.2) is 46.5 Å². The van der Waals surface area contributed by atoms with Gasteiger partial charge in [0.1, 0.15) is 0 Å². The van der Waals surface area contributed by atoms with Crippen LogP contribution < -0.4 is 11.3 Å². The average Bonchev–Trinajstić information content (AvgIpc) is 2.89. The van der Waals surface area contributed by atoms with Gasteiger partial charge in [0.15, 0.2) is 0 Å². The predicted octanol–water partition coefficient (Wildman–Crippen LogP) is 1.67. The summed E-state index contributed by atoms with van der Waals surface area (Å²) in [4.78, 5) is 2.47. The molecule has 2 rings (SSSR count). The Bertz CT molecular complexity index is 460. The Kier molecular flexibility index (Phi) is 5.79. The van der Waals surface area contributed by atoms with Gasteiger partial charge in [-0.1, -0.05) is 6.92 Å². The maximum Gasteiger partial charge on any atom is 0.0821 e. The number of nitrogens with zero attached hydrogens (tertiary/aromatic N) is 3. The van der Waals surface area contributed by atoms with Crippen molar-refractivity contribution in [3.8, 4) is 0 Å². The molecule has 7 heteroatoms. The van der Waals surface area contributed by atoms with Gasteiger partial charge in [0.2, 0.25) is 0 Å². The van der Waals surface area contributed by atoms with Crippen LogP contribution in [0.3, 0.4) is 0 Å². The highest BCUT2D eigenvalue weighted by Crippen LogP contribution is 2.37. The molecule has 1 aliphatic rings. The Hall–Kier alpha value is -0.470. The molecule has 0 spiro atoms. The molecule has 0 saturated carbocycles. The van der Waals surface area contributed by atoms with Gasteiger partial charge in [-0.15, -0.1) is 0 Å². The highest BCUT2D eigenvalue weighted by Gasteiger charge is 2.41. The summed E-state index contributed by atoms with van der Waals surface area (Å²) in [5, 5.41) is 4.43. The minimum absolute atomic E-state index is 0.00238. The number of aryl methyl sites for hydroxylation is 1.